The van der Waals surface area contributed by atoms with Gasteiger partial charge in [-0.2, -0.15) is 0 Å². The summed E-state index contributed by atoms with van der Waals surface area (Å²) in [5.74, 6) is 0. The molecule has 1 N–H and O–H groups in total. The summed E-state index contributed by atoms with van der Waals surface area (Å²) in [6.07, 6.45) is 1.74. The number of nitrogens with zero attached hydrogens (tertiary/aromatic N) is 1. The summed E-state index contributed by atoms with van der Waals surface area (Å²) in [6, 6.07) is 4.19. The van der Waals surface area contributed by atoms with Crippen LogP contribution in [0.15, 0.2) is 17.1 Å². The third kappa shape index (κ3) is 3.92. The van der Waals surface area contributed by atoms with Gasteiger partial charge in [-0.15, -0.1) is 0 Å². The minimum Gasteiger partial charge on any atom is -0.375 e. The van der Waals surface area contributed by atoms with Gasteiger partial charge in [0, 0.05) is 11.6 Å². The molecule has 0 saturated carbocycles. The van der Waals surface area contributed by atoms with Gasteiger partial charge in [-0.25, -0.2) is 0 Å². The van der Waals surface area contributed by atoms with Gasteiger partial charge in [-0.3, -0.25) is 4.99 Å². The zero-order chi connectivity index (χ0) is 11.3. The normalized spacial score (nSPS) is 13.1. The van der Waals surface area contributed by atoms with E-state index in [9.17, 15) is 0 Å². The Balaban J connectivity index is 0.000000187. The Morgan fingerprint density at radius 3 is 2.13 bits per heavy atom. The number of rotatable bonds is 0. The van der Waals surface area contributed by atoms with Crippen LogP contribution in [-0.2, 0) is 0 Å². The standard InChI is InChI=1S/C9H11Cl.C3H6N2/c1-6-4-7(2)9(10)8(3)5-6;1-2-5-3-4-1/h4-5H,1-3H3;3H,1-2H2,(H,4,5). The van der Waals surface area contributed by atoms with Crippen LogP contribution in [-0.4, -0.2) is 19.4 Å². The van der Waals surface area contributed by atoms with E-state index in [0.29, 0.717) is 0 Å². The Hall–Kier alpha value is -1.02. The lowest BCUT2D eigenvalue weighted by Gasteiger charge is -2.02. The fraction of sp³-hybridized carbons (Fsp3) is 0.417. The second-order valence-corrected chi connectivity index (χ2v) is 4.08. The first kappa shape index (κ1) is 12.1. The maximum absolute atomic E-state index is 5.95. The molecule has 1 aliphatic rings. The van der Waals surface area contributed by atoms with Crippen molar-refractivity contribution in [1.82, 2.24) is 5.32 Å². The lowest BCUT2D eigenvalue weighted by molar-refractivity contribution is 0.965. The van der Waals surface area contributed by atoms with Crippen LogP contribution in [0.25, 0.3) is 0 Å². The largest absolute Gasteiger partial charge is 0.375 e. The van der Waals surface area contributed by atoms with Crippen molar-refractivity contribution in [3.05, 3.63) is 33.8 Å². The van der Waals surface area contributed by atoms with E-state index < -0.39 is 0 Å². The first-order chi connectivity index (χ1) is 7.11. The Morgan fingerprint density at radius 1 is 1.20 bits per heavy atom. The van der Waals surface area contributed by atoms with E-state index in [1.165, 1.54) is 16.7 Å². The van der Waals surface area contributed by atoms with Crippen LogP contribution in [0.1, 0.15) is 16.7 Å². The summed E-state index contributed by atoms with van der Waals surface area (Å²) in [5, 5.41) is 3.82. The predicted molar refractivity (Wildman–Crippen MR) is 67.0 cm³/mol. The monoisotopic (exact) mass is 224 g/mol. The highest BCUT2D eigenvalue weighted by molar-refractivity contribution is 6.32. The summed E-state index contributed by atoms with van der Waals surface area (Å²) in [7, 11) is 0. The van der Waals surface area contributed by atoms with E-state index in [-0.39, 0.29) is 0 Å². The second kappa shape index (κ2) is 5.76. The first-order valence-corrected chi connectivity index (χ1v) is 5.44. The number of nitrogens with one attached hydrogen (secondary N) is 1. The smallest absolute Gasteiger partial charge is 0.0825 e. The molecule has 1 aliphatic heterocycles. The molecule has 15 heavy (non-hydrogen) atoms. The average molecular weight is 225 g/mol. The number of aryl methyl sites for hydroxylation is 3. The van der Waals surface area contributed by atoms with Crippen molar-refractivity contribution in [2.45, 2.75) is 20.8 Å². The third-order valence-electron chi connectivity index (χ3n) is 2.15. The van der Waals surface area contributed by atoms with Crippen LogP contribution in [0.4, 0.5) is 0 Å². The number of aliphatic imine (C=N–C) groups is 1. The van der Waals surface area contributed by atoms with E-state index >= 15 is 0 Å². The summed E-state index contributed by atoms with van der Waals surface area (Å²) >= 11 is 5.95. The van der Waals surface area contributed by atoms with Gasteiger partial charge in [0.25, 0.3) is 0 Å². The van der Waals surface area contributed by atoms with Gasteiger partial charge >= 0.3 is 0 Å². The molecule has 1 aromatic rings. The van der Waals surface area contributed by atoms with Crippen molar-refractivity contribution in [1.29, 1.82) is 0 Å². The van der Waals surface area contributed by atoms with Crippen molar-refractivity contribution in [2.75, 3.05) is 13.1 Å². The maximum atomic E-state index is 5.95. The Labute approximate surface area is 96.4 Å². The molecule has 82 valence electrons. The van der Waals surface area contributed by atoms with Gasteiger partial charge in [0.2, 0.25) is 0 Å². The first-order valence-electron chi connectivity index (χ1n) is 5.06. The molecule has 1 aromatic carbocycles. The molecule has 0 radical (unpaired) electrons. The van der Waals surface area contributed by atoms with E-state index in [1.54, 1.807) is 6.34 Å². The zero-order valence-corrected chi connectivity index (χ0v) is 10.2. The van der Waals surface area contributed by atoms with Crippen molar-refractivity contribution in [3.8, 4) is 0 Å². The number of hydrogen-bond donors (Lipinski definition) is 1. The van der Waals surface area contributed by atoms with Crippen LogP contribution in [0.2, 0.25) is 5.02 Å². The SMILES string of the molecule is C1=NCCN1.Cc1cc(C)c(Cl)c(C)c1. The molecule has 1 heterocycles. The molecule has 0 bridgehead atoms. The zero-order valence-electron chi connectivity index (χ0n) is 9.47. The van der Waals surface area contributed by atoms with Crippen molar-refractivity contribution in [3.63, 3.8) is 0 Å². The number of halogens is 1. The van der Waals surface area contributed by atoms with Crippen LogP contribution in [0, 0.1) is 20.8 Å². The average Bonchev–Trinajstić information content (AvgIpc) is 2.71. The molecule has 3 heteroatoms. The molecule has 0 aromatic heterocycles. The molecule has 0 fully saturated rings. The fourth-order valence-corrected chi connectivity index (χ4v) is 1.59. The van der Waals surface area contributed by atoms with Crippen LogP contribution >= 0.6 is 11.6 Å². The molecule has 0 aliphatic carbocycles. The van der Waals surface area contributed by atoms with Gasteiger partial charge in [-0.1, -0.05) is 29.3 Å². The molecular weight excluding hydrogens is 208 g/mol. The molecule has 0 unspecified atom stereocenters. The summed E-state index contributed by atoms with van der Waals surface area (Å²) in [5.41, 5.74) is 3.61. The minimum atomic E-state index is 0.894. The van der Waals surface area contributed by atoms with Gasteiger partial charge in [0.05, 0.1) is 12.9 Å². The van der Waals surface area contributed by atoms with E-state index in [4.69, 9.17) is 11.6 Å². The highest BCUT2D eigenvalue weighted by Gasteiger charge is 1.98. The topological polar surface area (TPSA) is 24.4 Å². The van der Waals surface area contributed by atoms with E-state index in [0.717, 1.165) is 18.1 Å². The third-order valence-corrected chi connectivity index (χ3v) is 2.74. The van der Waals surface area contributed by atoms with Crippen molar-refractivity contribution >= 4 is 17.9 Å². The Bertz CT molecular complexity index is 330. The van der Waals surface area contributed by atoms with Gasteiger partial charge < -0.3 is 5.32 Å². The van der Waals surface area contributed by atoms with Gasteiger partial charge in [0.1, 0.15) is 0 Å². The van der Waals surface area contributed by atoms with Crippen molar-refractivity contribution in [2.24, 2.45) is 4.99 Å². The lowest BCUT2D eigenvalue weighted by Crippen LogP contribution is -2.04. The van der Waals surface area contributed by atoms with Crippen LogP contribution < -0.4 is 5.32 Å². The second-order valence-electron chi connectivity index (χ2n) is 3.70. The molecular formula is C12H17ClN2. The number of benzene rings is 1. The van der Waals surface area contributed by atoms with E-state index in [2.05, 4.69) is 29.4 Å². The summed E-state index contributed by atoms with van der Waals surface area (Å²) in [6.45, 7) is 8.13. The van der Waals surface area contributed by atoms with Crippen LogP contribution in [0.3, 0.4) is 0 Å². The quantitative estimate of drug-likeness (QED) is 0.720. The summed E-state index contributed by atoms with van der Waals surface area (Å²) < 4.78 is 0. The van der Waals surface area contributed by atoms with Crippen LogP contribution in [0.5, 0.6) is 0 Å². The van der Waals surface area contributed by atoms with Gasteiger partial charge in [0.15, 0.2) is 0 Å². The number of hydrogen-bond acceptors (Lipinski definition) is 2. The Morgan fingerprint density at radius 2 is 1.80 bits per heavy atom. The molecule has 0 saturated heterocycles. The maximum Gasteiger partial charge on any atom is 0.0825 e. The molecule has 2 rings (SSSR count). The minimum absolute atomic E-state index is 0.894. The molecule has 2 nitrogen and oxygen atoms in total. The van der Waals surface area contributed by atoms with Crippen molar-refractivity contribution < 1.29 is 0 Å². The van der Waals surface area contributed by atoms with E-state index in [1.807, 2.05) is 13.8 Å². The lowest BCUT2D eigenvalue weighted by atomic mass is 10.1. The Kier molecular flexibility index (Phi) is 4.63. The molecule has 0 spiro atoms. The molecule has 0 atom stereocenters. The fourth-order valence-electron chi connectivity index (χ4n) is 1.49. The van der Waals surface area contributed by atoms with Gasteiger partial charge in [-0.05, 0) is 31.9 Å². The molecule has 0 amide bonds. The summed E-state index contributed by atoms with van der Waals surface area (Å²) in [4.78, 5) is 3.85. The highest BCUT2D eigenvalue weighted by atomic mass is 35.5. The highest BCUT2D eigenvalue weighted by Crippen LogP contribution is 2.20. The predicted octanol–water partition coefficient (Wildman–Crippen LogP) is 2.88.